The van der Waals surface area contributed by atoms with Gasteiger partial charge in [-0.15, -0.1) is 12.4 Å². The van der Waals surface area contributed by atoms with Crippen LogP contribution in [-0.2, 0) is 5.54 Å². The lowest BCUT2D eigenvalue weighted by Crippen LogP contribution is -2.50. The lowest BCUT2D eigenvalue weighted by molar-refractivity contribution is 0.0193. The van der Waals surface area contributed by atoms with Crippen LogP contribution in [0.1, 0.15) is 57.4 Å². The van der Waals surface area contributed by atoms with E-state index in [9.17, 15) is 0 Å². The van der Waals surface area contributed by atoms with Crippen molar-refractivity contribution >= 4 is 12.4 Å². The summed E-state index contributed by atoms with van der Waals surface area (Å²) in [5.41, 5.74) is 1.93. The highest BCUT2D eigenvalue weighted by molar-refractivity contribution is 5.85. The van der Waals surface area contributed by atoms with Crippen LogP contribution in [0.3, 0.4) is 0 Å². The van der Waals surface area contributed by atoms with Gasteiger partial charge in [-0.2, -0.15) is 0 Å². The molecule has 0 spiro atoms. The highest BCUT2D eigenvalue weighted by Gasteiger charge is 2.40. The van der Waals surface area contributed by atoms with E-state index in [-0.39, 0.29) is 12.4 Å². The fraction of sp³-hybridized carbons (Fsp3) is 0.667. The Balaban J connectivity index is 0.00000147. The molecule has 0 atom stereocenters. The summed E-state index contributed by atoms with van der Waals surface area (Å²) in [6.07, 6.45) is 9.74. The molecule has 1 aliphatic heterocycles. The monoisotopic (exact) mass is 293 g/mol. The van der Waals surface area contributed by atoms with Crippen molar-refractivity contribution in [2.24, 2.45) is 5.92 Å². The zero-order chi connectivity index (χ0) is 13.1. The molecule has 112 valence electrons. The minimum absolute atomic E-state index is 0. The van der Waals surface area contributed by atoms with Gasteiger partial charge < -0.3 is 0 Å². The Morgan fingerprint density at radius 1 is 0.950 bits per heavy atom. The van der Waals surface area contributed by atoms with E-state index in [2.05, 4.69) is 42.2 Å². The van der Waals surface area contributed by atoms with Crippen LogP contribution in [0.4, 0.5) is 0 Å². The minimum atomic E-state index is 0. The highest BCUT2D eigenvalue weighted by Crippen LogP contribution is 2.43. The molecule has 3 rings (SSSR count). The predicted octanol–water partition coefficient (Wildman–Crippen LogP) is 5.00. The summed E-state index contributed by atoms with van der Waals surface area (Å²) in [6, 6.07) is 11.3. The Hall–Kier alpha value is -0.530. The van der Waals surface area contributed by atoms with Gasteiger partial charge in [0.1, 0.15) is 0 Å². The summed E-state index contributed by atoms with van der Waals surface area (Å²) >= 11 is 0. The van der Waals surface area contributed by atoms with Crippen molar-refractivity contribution in [3.63, 3.8) is 0 Å². The molecule has 1 aromatic rings. The molecule has 20 heavy (non-hydrogen) atoms. The van der Waals surface area contributed by atoms with Crippen LogP contribution >= 0.6 is 12.4 Å². The summed E-state index contributed by atoms with van der Waals surface area (Å²) in [5, 5.41) is 0. The zero-order valence-electron chi connectivity index (χ0n) is 12.7. The van der Waals surface area contributed by atoms with E-state index in [1.807, 2.05) is 0 Å². The van der Waals surface area contributed by atoms with Gasteiger partial charge in [-0.1, -0.05) is 56.5 Å². The van der Waals surface area contributed by atoms with Gasteiger partial charge in [-0.25, -0.2) is 0 Å². The van der Waals surface area contributed by atoms with Gasteiger partial charge in [0.15, 0.2) is 0 Å². The molecular weight excluding hydrogens is 266 g/mol. The molecule has 0 radical (unpaired) electrons. The third-order valence-corrected chi connectivity index (χ3v) is 5.38. The van der Waals surface area contributed by atoms with Crippen LogP contribution in [0, 0.1) is 5.92 Å². The number of halogens is 1. The lowest BCUT2D eigenvalue weighted by atomic mass is 9.74. The normalized spacial score (nSPS) is 24.1. The van der Waals surface area contributed by atoms with E-state index < -0.39 is 0 Å². The van der Waals surface area contributed by atoms with Gasteiger partial charge in [0.05, 0.1) is 0 Å². The highest BCUT2D eigenvalue weighted by atomic mass is 35.5. The molecule has 2 aliphatic rings. The number of hydrogen-bond acceptors (Lipinski definition) is 1. The van der Waals surface area contributed by atoms with E-state index in [1.54, 1.807) is 5.56 Å². The number of rotatable bonds is 2. The quantitative estimate of drug-likeness (QED) is 0.742. The number of nitrogens with zero attached hydrogens (tertiary/aromatic N) is 1. The zero-order valence-corrected chi connectivity index (χ0v) is 13.5. The van der Waals surface area contributed by atoms with E-state index in [4.69, 9.17) is 0 Å². The summed E-state index contributed by atoms with van der Waals surface area (Å²) in [7, 11) is 0. The molecule has 2 fully saturated rings. The van der Waals surface area contributed by atoms with Crippen molar-refractivity contribution in [3.05, 3.63) is 35.9 Å². The average molecular weight is 294 g/mol. The molecule has 0 N–H and O–H groups in total. The standard InChI is InChI=1S/C18H27N.ClH/c1-16-10-14-19(15-11-16)18(12-6-3-7-13-18)17-8-4-2-5-9-17;/h2,4-5,8-9,16H,3,6-7,10-15H2,1H3;1H. The molecule has 0 unspecified atom stereocenters. The largest absolute Gasteiger partial charge is 0.294 e. The molecule has 2 heteroatoms. The van der Waals surface area contributed by atoms with Crippen LogP contribution < -0.4 is 0 Å². The number of benzene rings is 1. The number of hydrogen-bond donors (Lipinski definition) is 0. The summed E-state index contributed by atoms with van der Waals surface area (Å²) in [6.45, 7) is 5.01. The minimum Gasteiger partial charge on any atom is -0.294 e. The first kappa shape index (κ1) is 15.9. The van der Waals surface area contributed by atoms with Gasteiger partial charge in [0, 0.05) is 5.54 Å². The second-order valence-corrected chi connectivity index (χ2v) is 6.63. The Morgan fingerprint density at radius 2 is 1.55 bits per heavy atom. The molecule has 1 saturated carbocycles. The molecule has 0 amide bonds. The van der Waals surface area contributed by atoms with Crippen LogP contribution in [0.25, 0.3) is 0 Å². The Labute approximate surface area is 130 Å². The number of likely N-dealkylation sites (tertiary alicyclic amines) is 1. The maximum Gasteiger partial charge on any atom is 0.0460 e. The summed E-state index contributed by atoms with van der Waals surface area (Å²) in [5.74, 6) is 0.924. The van der Waals surface area contributed by atoms with Crippen molar-refractivity contribution in [3.8, 4) is 0 Å². The summed E-state index contributed by atoms with van der Waals surface area (Å²) < 4.78 is 0. The lowest BCUT2D eigenvalue weighted by Gasteiger charge is -2.49. The van der Waals surface area contributed by atoms with Crippen molar-refractivity contribution < 1.29 is 0 Å². The van der Waals surface area contributed by atoms with E-state index >= 15 is 0 Å². The van der Waals surface area contributed by atoms with Gasteiger partial charge in [0.2, 0.25) is 0 Å². The predicted molar refractivity (Wildman–Crippen MR) is 88.4 cm³/mol. The van der Waals surface area contributed by atoms with Gasteiger partial charge in [-0.3, -0.25) is 4.90 Å². The first-order valence-electron chi connectivity index (χ1n) is 8.12. The fourth-order valence-electron chi connectivity index (χ4n) is 4.11. The van der Waals surface area contributed by atoms with Crippen LogP contribution in [0.2, 0.25) is 0 Å². The maximum absolute atomic E-state index is 2.82. The Kier molecular flexibility index (Phi) is 5.51. The first-order chi connectivity index (χ1) is 9.31. The average Bonchev–Trinajstić information content (AvgIpc) is 2.49. The maximum atomic E-state index is 2.82. The molecule has 0 bridgehead atoms. The molecule has 1 saturated heterocycles. The topological polar surface area (TPSA) is 3.24 Å². The second-order valence-electron chi connectivity index (χ2n) is 6.63. The second kappa shape index (κ2) is 6.95. The van der Waals surface area contributed by atoms with Crippen LogP contribution in [-0.4, -0.2) is 18.0 Å². The molecule has 0 aromatic heterocycles. The van der Waals surface area contributed by atoms with E-state index in [0.29, 0.717) is 5.54 Å². The van der Waals surface area contributed by atoms with Crippen LogP contribution in [0.5, 0.6) is 0 Å². The SMILES string of the molecule is CC1CCN(C2(c3ccccc3)CCCCC2)CC1.Cl. The molecule has 1 nitrogen and oxygen atoms in total. The molecule has 1 aromatic carbocycles. The molecular formula is C18H28ClN. The van der Waals surface area contributed by atoms with Crippen molar-refractivity contribution in [1.29, 1.82) is 0 Å². The Morgan fingerprint density at radius 3 is 2.15 bits per heavy atom. The van der Waals surface area contributed by atoms with Crippen molar-refractivity contribution in [2.75, 3.05) is 13.1 Å². The van der Waals surface area contributed by atoms with Gasteiger partial charge in [0.25, 0.3) is 0 Å². The first-order valence-corrected chi connectivity index (χ1v) is 8.12. The number of piperidine rings is 1. The van der Waals surface area contributed by atoms with Crippen LogP contribution in [0.15, 0.2) is 30.3 Å². The van der Waals surface area contributed by atoms with Gasteiger partial charge >= 0.3 is 0 Å². The third-order valence-electron chi connectivity index (χ3n) is 5.38. The van der Waals surface area contributed by atoms with E-state index in [0.717, 1.165) is 5.92 Å². The smallest absolute Gasteiger partial charge is 0.0460 e. The molecule has 1 aliphatic carbocycles. The van der Waals surface area contributed by atoms with Gasteiger partial charge in [-0.05, 0) is 50.3 Å². The van der Waals surface area contributed by atoms with Crippen molar-refractivity contribution in [2.45, 2.75) is 57.4 Å². The summed E-state index contributed by atoms with van der Waals surface area (Å²) in [4.78, 5) is 2.82. The van der Waals surface area contributed by atoms with Crippen molar-refractivity contribution in [1.82, 2.24) is 4.90 Å². The fourth-order valence-corrected chi connectivity index (χ4v) is 4.11. The molecule has 1 heterocycles. The van der Waals surface area contributed by atoms with E-state index in [1.165, 1.54) is 58.0 Å². The third kappa shape index (κ3) is 3.04. The Bertz CT molecular complexity index is 389.